The average molecular weight is 498 g/mol. The minimum Gasteiger partial charge on any atom is -0.470 e. The van der Waals surface area contributed by atoms with Crippen LogP contribution in [-0.2, 0) is 16.2 Å². The number of carbonyl (C=O) groups excluding carboxylic acids is 3. The molecule has 0 saturated heterocycles. The van der Waals surface area contributed by atoms with Crippen LogP contribution in [0.25, 0.3) is 0 Å². The van der Waals surface area contributed by atoms with Crippen molar-refractivity contribution < 1.29 is 28.6 Å². The number of nitrogens with zero attached hydrogens (tertiary/aromatic N) is 2. The van der Waals surface area contributed by atoms with Crippen molar-refractivity contribution in [3.8, 4) is 5.75 Å². The number of halogens is 2. The molecule has 0 unspecified atom stereocenters. The van der Waals surface area contributed by atoms with E-state index in [2.05, 4.69) is 10.4 Å². The van der Waals surface area contributed by atoms with Gasteiger partial charge < -0.3 is 19.5 Å². The molecule has 2 heterocycles. The Labute approximate surface area is 196 Å². The zero-order valence-electron chi connectivity index (χ0n) is 17.1. The van der Waals surface area contributed by atoms with E-state index in [-0.39, 0.29) is 32.9 Å². The Hall–Kier alpha value is -3.08. The number of benzene rings is 1. The lowest BCUT2D eigenvalue weighted by Gasteiger charge is -2.08. The number of ether oxygens (including phenoxy) is 3. The molecule has 3 rings (SSSR count). The number of rotatable bonds is 7. The minimum absolute atomic E-state index is 0.0225. The highest BCUT2D eigenvalue weighted by molar-refractivity contribution is 7.18. The summed E-state index contributed by atoms with van der Waals surface area (Å²) in [6.07, 6.45) is 1.54. The Morgan fingerprint density at radius 1 is 1.12 bits per heavy atom. The van der Waals surface area contributed by atoms with Crippen molar-refractivity contribution in [1.29, 1.82) is 0 Å². The van der Waals surface area contributed by atoms with Crippen molar-refractivity contribution in [1.82, 2.24) is 9.78 Å². The molecule has 0 fully saturated rings. The highest BCUT2D eigenvalue weighted by atomic mass is 35.5. The van der Waals surface area contributed by atoms with Gasteiger partial charge in [0.25, 0.3) is 5.91 Å². The van der Waals surface area contributed by atoms with Crippen LogP contribution in [-0.4, -0.2) is 41.8 Å². The Bertz CT molecular complexity index is 1190. The molecule has 1 aromatic carbocycles. The second-order valence-corrected chi connectivity index (χ2v) is 8.07. The molecular weight excluding hydrogens is 481 g/mol. The van der Waals surface area contributed by atoms with E-state index in [0.717, 1.165) is 11.3 Å². The first-order valence-electron chi connectivity index (χ1n) is 8.98. The lowest BCUT2D eigenvalue weighted by atomic mass is 10.1. The molecular formula is C20H17Cl2N3O6S. The third-order valence-corrected chi connectivity index (χ3v) is 6.26. The quantitative estimate of drug-likeness (QED) is 0.481. The molecule has 0 atom stereocenters. The van der Waals surface area contributed by atoms with Gasteiger partial charge in [0.05, 0.1) is 24.8 Å². The van der Waals surface area contributed by atoms with Crippen LogP contribution in [0.2, 0.25) is 10.0 Å². The van der Waals surface area contributed by atoms with E-state index in [4.69, 9.17) is 37.4 Å². The fourth-order valence-electron chi connectivity index (χ4n) is 2.69. The van der Waals surface area contributed by atoms with Crippen molar-refractivity contribution >= 4 is 57.4 Å². The van der Waals surface area contributed by atoms with Crippen LogP contribution in [0.5, 0.6) is 5.75 Å². The molecule has 0 bridgehead atoms. The molecule has 0 aliphatic carbocycles. The SMILES string of the molecule is COC(=O)c1sc(NC(=O)c2ccn(COc3cccc(Cl)c3Cl)n2)c(C(=O)OC)c1C. The second-order valence-electron chi connectivity index (χ2n) is 6.26. The van der Waals surface area contributed by atoms with E-state index < -0.39 is 17.8 Å². The van der Waals surface area contributed by atoms with Crippen molar-refractivity contribution in [2.45, 2.75) is 13.7 Å². The second kappa shape index (κ2) is 10.0. The van der Waals surface area contributed by atoms with Gasteiger partial charge >= 0.3 is 11.9 Å². The highest BCUT2D eigenvalue weighted by Crippen LogP contribution is 2.34. The number of esters is 2. The van der Waals surface area contributed by atoms with Crippen LogP contribution in [0.4, 0.5) is 5.00 Å². The van der Waals surface area contributed by atoms with Crippen molar-refractivity contribution in [3.63, 3.8) is 0 Å². The third-order valence-electron chi connectivity index (χ3n) is 4.28. The standard InChI is InChI=1S/C20H17Cl2N3O6S/c1-10-14(19(27)29-2)18(32-16(10)20(28)30-3)23-17(26)12-7-8-25(24-12)9-31-13-6-4-5-11(21)15(13)22/h4-8H,9H2,1-3H3,(H,23,26). The minimum atomic E-state index is -0.693. The van der Waals surface area contributed by atoms with Crippen LogP contribution in [0.15, 0.2) is 30.5 Å². The Kier molecular flexibility index (Phi) is 7.39. The third kappa shape index (κ3) is 4.87. The molecule has 3 aromatic rings. The van der Waals surface area contributed by atoms with Crippen LogP contribution < -0.4 is 10.1 Å². The van der Waals surface area contributed by atoms with Gasteiger partial charge in [-0.3, -0.25) is 4.79 Å². The van der Waals surface area contributed by atoms with Gasteiger partial charge in [0.1, 0.15) is 20.7 Å². The maximum absolute atomic E-state index is 12.7. The maximum atomic E-state index is 12.7. The number of aromatic nitrogens is 2. The first-order chi connectivity index (χ1) is 15.3. The van der Waals surface area contributed by atoms with Crippen LogP contribution in [0.3, 0.4) is 0 Å². The smallest absolute Gasteiger partial charge is 0.348 e. The lowest BCUT2D eigenvalue weighted by molar-refractivity contribution is 0.0601. The topological polar surface area (TPSA) is 109 Å². The fourth-order valence-corrected chi connectivity index (χ4v) is 4.14. The van der Waals surface area contributed by atoms with Gasteiger partial charge in [-0.05, 0) is 30.7 Å². The summed E-state index contributed by atoms with van der Waals surface area (Å²) in [7, 11) is 2.43. The number of methoxy groups -OCH3 is 2. The zero-order chi connectivity index (χ0) is 23.4. The summed E-state index contributed by atoms with van der Waals surface area (Å²) in [4.78, 5) is 37.1. The number of carbonyl (C=O) groups is 3. The molecule has 168 valence electrons. The Morgan fingerprint density at radius 2 is 1.84 bits per heavy atom. The summed E-state index contributed by atoms with van der Waals surface area (Å²) in [6.45, 7) is 1.54. The van der Waals surface area contributed by atoms with Gasteiger partial charge in [0.2, 0.25) is 0 Å². The summed E-state index contributed by atoms with van der Waals surface area (Å²) in [5, 5.41) is 7.52. The highest BCUT2D eigenvalue weighted by Gasteiger charge is 2.27. The monoisotopic (exact) mass is 497 g/mol. The van der Waals surface area contributed by atoms with Crippen LogP contribution in [0, 0.1) is 6.92 Å². The number of nitrogens with one attached hydrogen (secondary N) is 1. The molecule has 9 nitrogen and oxygen atoms in total. The zero-order valence-corrected chi connectivity index (χ0v) is 19.4. The van der Waals surface area contributed by atoms with Crippen molar-refractivity contribution in [2.75, 3.05) is 19.5 Å². The molecule has 0 spiro atoms. The van der Waals surface area contributed by atoms with Gasteiger partial charge in [0, 0.05) is 6.20 Å². The molecule has 0 aliphatic heterocycles. The lowest BCUT2D eigenvalue weighted by Crippen LogP contribution is -2.16. The maximum Gasteiger partial charge on any atom is 0.348 e. The molecule has 32 heavy (non-hydrogen) atoms. The molecule has 0 aliphatic rings. The Morgan fingerprint density at radius 3 is 2.53 bits per heavy atom. The Balaban J connectivity index is 1.77. The summed E-state index contributed by atoms with van der Waals surface area (Å²) in [5.41, 5.74) is 0.484. The summed E-state index contributed by atoms with van der Waals surface area (Å²) >= 11 is 13.0. The largest absolute Gasteiger partial charge is 0.470 e. The summed E-state index contributed by atoms with van der Waals surface area (Å²) in [5.74, 6) is -1.54. The molecule has 2 aromatic heterocycles. The first kappa shape index (κ1) is 23.6. The van der Waals surface area contributed by atoms with Crippen molar-refractivity contribution in [2.24, 2.45) is 0 Å². The van der Waals surface area contributed by atoms with E-state index in [1.54, 1.807) is 25.1 Å². The van der Waals surface area contributed by atoms with E-state index >= 15 is 0 Å². The van der Waals surface area contributed by atoms with E-state index in [1.807, 2.05) is 0 Å². The van der Waals surface area contributed by atoms with Crippen molar-refractivity contribution in [3.05, 3.63) is 62.2 Å². The van der Waals surface area contributed by atoms with E-state index in [1.165, 1.54) is 31.2 Å². The molecule has 0 saturated carbocycles. The molecule has 0 radical (unpaired) electrons. The van der Waals surface area contributed by atoms with E-state index in [9.17, 15) is 14.4 Å². The summed E-state index contributed by atoms with van der Waals surface area (Å²) < 4.78 is 16.5. The van der Waals surface area contributed by atoms with Gasteiger partial charge in [-0.1, -0.05) is 29.3 Å². The predicted molar refractivity (Wildman–Crippen MR) is 119 cm³/mol. The van der Waals surface area contributed by atoms with Gasteiger partial charge in [-0.15, -0.1) is 11.3 Å². The predicted octanol–water partition coefficient (Wildman–Crippen LogP) is 4.42. The first-order valence-corrected chi connectivity index (χ1v) is 10.6. The van der Waals surface area contributed by atoms with Crippen LogP contribution in [0.1, 0.15) is 36.1 Å². The number of hydrogen-bond acceptors (Lipinski definition) is 8. The molecule has 1 amide bonds. The summed E-state index contributed by atoms with van der Waals surface area (Å²) in [6, 6.07) is 6.44. The molecule has 1 N–H and O–H groups in total. The number of thiophene rings is 1. The van der Waals surface area contributed by atoms with Gasteiger partial charge in [-0.2, -0.15) is 5.10 Å². The van der Waals surface area contributed by atoms with Gasteiger partial charge in [-0.25, -0.2) is 14.3 Å². The van der Waals surface area contributed by atoms with Gasteiger partial charge in [0.15, 0.2) is 12.4 Å². The number of hydrogen-bond donors (Lipinski definition) is 1. The molecule has 12 heteroatoms. The van der Waals surface area contributed by atoms with Crippen LogP contribution >= 0.6 is 34.5 Å². The normalized spacial score (nSPS) is 10.5. The fraction of sp³-hybridized carbons (Fsp3) is 0.200. The average Bonchev–Trinajstić information content (AvgIpc) is 3.38. The number of amides is 1. The van der Waals surface area contributed by atoms with E-state index in [0.29, 0.717) is 16.3 Å². The number of anilines is 1.